The van der Waals surface area contributed by atoms with Gasteiger partial charge in [-0.2, -0.15) is 0 Å². The van der Waals surface area contributed by atoms with Gasteiger partial charge in [0, 0.05) is 17.8 Å². The molecule has 1 N–H and O–H groups in total. The first-order valence-corrected chi connectivity index (χ1v) is 7.24. The molecule has 18 heavy (non-hydrogen) atoms. The van der Waals surface area contributed by atoms with Crippen molar-refractivity contribution in [1.29, 1.82) is 0 Å². The number of nitrogens with one attached hydrogen (secondary N) is 1. The number of nitrogens with zero attached hydrogens (tertiary/aromatic N) is 2. The van der Waals surface area contributed by atoms with E-state index in [0.717, 1.165) is 37.7 Å². The second-order valence-electron chi connectivity index (χ2n) is 5.39. The Bertz CT molecular complexity index is 374. The molecule has 0 unspecified atom stereocenters. The van der Waals surface area contributed by atoms with Crippen molar-refractivity contribution in [3.8, 4) is 0 Å². The third kappa shape index (κ3) is 3.77. The highest BCUT2D eigenvalue weighted by molar-refractivity contribution is 5.24. The van der Waals surface area contributed by atoms with Crippen molar-refractivity contribution in [2.75, 3.05) is 13.1 Å². The maximum Gasteiger partial charge on any atom is 0.129 e. The second kappa shape index (κ2) is 6.28. The molecular formula is C15H25N3. The summed E-state index contributed by atoms with van der Waals surface area (Å²) in [5, 5.41) is 3.36. The average molecular weight is 247 g/mol. The molecule has 0 atom stereocenters. The van der Waals surface area contributed by atoms with Crippen LogP contribution in [-0.2, 0) is 12.8 Å². The van der Waals surface area contributed by atoms with Crippen molar-refractivity contribution in [2.45, 2.75) is 52.9 Å². The van der Waals surface area contributed by atoms with Crippen molar-refractivity contribution >= 4 is 0 Å². The molecule has 0 aromatic carbocycles. The molecule has 2 rings (SSSR count). The molecule has 0 bridgehead atoms. The minimum Gasteiger partial charge on any atom is -0.317 e. The Kier molecular flexibility index (Phi) is 4.70. The highest BCUT2D eigenvalue weighted by Crippen LogP contribution is 2.31. The summed E-state index contributed by atoms with van der Waals surface area (Å²) in [4.78, 5) is 9.36. The summed E-state index contributed by atoms with van der Waals surface area (Å²) in [6.45, 7) is 8.54. The van der Waals surface area contributed by atoms with Crippen LogP contribution in [0.3, 0.4) is 0 Å². The van der Waals surface area contributed by atoms with Crippen LogP contribution in [0.5, 0.6) is 0 Å². The highest BCUT2D eigenvalue weighted by Gasteiger charge is 2.23. The number of aryl methyl sites for hydroxylation is 2. The Morgan fingerprint density at radius 3 is 2.39 bits per heavy atom. The Hall–Kier alpha value is -0.960. The van der Waals surface area contributed by atoms with E-state index < -0.39 is 0 Å². The third-order valence-corrected chi connectivity index (χ3v) is 3.67. The van der Waals surface area contributed by atoms with Crippen LogP contribution in [-0.4, -0.2) is 23.1 Å². The lowest BCUT2D eigenvalue weighted by Gasteiger charge is -2.11. The van der Waals surface area contributed by atoms with E-state index in [1.165, 1.54) is 36.2 Å². The van der Waals surface area contributed by atoms with Gasteiger partial charge in [-0.1, -0.05) is 6.92 Å². The first-order valence-electron chi connectivity index (χ1n) is 7.24. The summed E-state index contributed by atoms with van der Waals surface area (Å²) in [6, 6.07) is 0. The fourth-order valence-corrected chi connectivity index (χ4v) is 2.41. The average Bonchev–Trinajstić information content (AvgIpc) is 3.11. The SMILES string of the molecule is CCNCCCc1c(C)nc(CC2CC2)nc1C. The van der Waals surface area contributed by atoms with Gasteiger partial charge < -0.3 is 5.32 Å². The van der Waals surface area contributed by atoms with Crippen LogP contribution in [0.2, 0.25) is 0 Å². The predicted octanol–water partition coefficient (Wildman–Crippen LogP) is 2.59. The molecule has 1 aliphatic carbocycles. The normalized spacial score (nSPS) is 15.1. The van der Waals surface area contributed by atoms with E-state index in [0.29, 0.717) is 0 Å². The Labute approximate surface area is 110 Å². The van der Waals surface area contributed by atoms with E-state index in [-0.39, 0.29) is 0 Å². The second-order valence-corrected chi connectivity index (χ2v) is 5.39. The number of hydrogen-bond acceptors (Lipinski definition) is 3. The smallest absolute Gasteiger partial charge is 0.129 e. The van der Waals surface area contributed by atoms with Crippen LogP contribution in [0.15, 0.2) is 0 Å². The van der Waals surface area contributed by atoms with Crippen LogP contribution < -0.4 is 5.32 Å². The summed E-state index contributed by atoms with van der Waals surface area (Å²) < 4.78 is 0. The molecule has 0 spiro atoms. The van der Waals surface area contributed by atoms with Gasteiger partial charge in [-0.25, -0.2) is 9.97 Å². The summed E-state index contributed by atoms with van der Waals surface area (Å²) in [5.74, 6) is 1.92. The zero-order valence-electron chi connectivity index (χ0n) is 11.9. The van der Waals surface area contributed by atoms with Gasteiger partial charge in [0.15, 0.2) is 0 Å². The first kappa shape index (κ1) is 13.5. The number of rotatable bonds is 7. The molecule has 0 radical (unpaired) electrons. The van der Waals surface area contributed by atoms with Crippen molar-refractivity contribution in [3.63, 3.8) is 0 Å². The van der Waals surface area contributed by atoms with Crippen molar-refractivity contribution in [3.05, 3.63) is 22.8 Å². The molecule has 1 aliphatic rings. The minimum atomic E-state index is 0.864. The molecule has 1 saturated carbocycles. The minimum absolute atomic E-state index is 0.864. The Balaban J connectivity index is 1.96. The Morgan fingerprint density at radius 2 is 1.83 bits per heavy atom. The molecule has 3 heteroatoms. The maximum absolute atomic E-state index is 4.68. The molecule has 1 fully saturated rings. The van der Waals surface area contributed by atoms with E-state index in [4.69, 9.17) is 0 Å². The van der Waals surface area contributed by atoms with Gasteiger partial charge >= 0.3 is 0 Å². The van der Waals surface area contributed by atoms with Crippen LogP contribution in [0, 0.1) is 19.8 Å². The van der Waals surface area contributed by atoms with Crippen LogP contribution in [0.4, 0.5) is 0 Å². The molecule has 100 valence electrons. The Morgan fingerprint density at radius 1 is 1.17 bits per heavy atom. The van der Waals surface area contributed by atoms with Crippen LogP contribution >= 0.6 is 0 Å². The van der Waals surface area contributed by atoms with Gasteiger partial charge in [0.25, 0.3) is 0 Å². The zero-order valence-corrected chi connectivity index (χ0v) is 11.9. The van der Waals surface area contributed by atoms with Crippen LogP contribution in [0.1, 0.15) is 49.0 Å². The lowest BCUT2D eigenvalue weighted by atomic mass is 10.1. The largest absolute Gasteiger partial charge is 0.317 e. The summed E-state index contributed by atoms with van der Waals surface area (Å²) in [7, 11) is 0. The van der Waals surface area contributed by atoms with E-state index in [1.807, 2.05) is 0 Å². The molecule has 1 heterocycles. The molecule has 0 saturated heterocycles. The summed E-state index contributed by atoms with van der Waals surface area (Å²) in [6.07, 6.45) is 6.08. The zero-order chi connectivity index (χ0) is 13.0. The third-order valence-electron chi connectivity index (χ3n) is 3.67. The van der Waals surface area contributed by atoms with Crippen LogP contribution in [0.25, 0.3) is 0 Å². The van der Waals surface area contributed by atoms with Crippen molar-refractivity contribution in [1.82, 2.24) is 15.3 Å². The summed E-state index contributed by atoms with van der Waals surface area (Å²) in [5.41, 5.74) is 3.73. The number of hydrogen-bond donors (Lipinski definition) is 1. The van der Waals surface area contributed by atoms with E-state index in [2.05, 4.69) is 36.1 Å². The molecule has 3 nitrogen and oxygen atoms in total. The molecule has 1 aromatic rings. The lowest BCUT2D eigenvalue weighted by Crippen LogP contribution is -2.15. The molecular weight excluding hydrogens is 222 g/mol. The predicted molar refractivity (Wildman–Crippen MR) is 74.8 cm³/mol. The topological polar surface area (TPSA) is 37.8 Å². The van der Waals surface area contributed by atoms with E-state index in [9.17, 15) is 0 Å². The molecule has 0 aliphatic heterocycles. The standard InChI is InChI=1S/C15H25N3/c1-4-16-9-5-6-14-11(2)17-15(18-12(14)3)10-13-7-8-13/h13,16H,4-10H2,1-3H3. The monoisotopic (exact) mass is 247 g/mol. The van der Waals surface area contributed by atoms with E-state index in [1.54, 1.807) is 0 Å². The number of aromatic nitrogens is 2. The fourth-order valence-electron chi connectivity index (χ4n) is 2.41. The lowest BCUT2D eigenvalue weighted by molar-refractivity contribution is 0.664. The quantitative estimate of drug-likeness (QED) is 0.753. The maximum atomic E-state index is 4.68. The summed E-state index contributed by atoms with van der Waals surface area (Å²) >= 11 is 0. The highest BCUT2D eigenvalue weighted by atomic mass is 14.9. The van der Waals surface area contributed by atoms with E-state index >= 15 is 0 Å². The van der Waals surface area contributed by atoms with Gasteiger partial charge in [-0.15, -0.1) is 0 Å². The van der Waals surface area contributed by atoms with Gasteiger partial charge in [-0.3, -0.25) is 0 Å². The molecule has 0 amide bonds. The van der Waals surface area contributed by atoms with Gasteiger partial charge in [0.1, 0.15) is 5.82 Å². The fraction of sp³-hybridized carbons (Fsp3) is 0.733. The first-order chi connectivity index (χ1) is 8.70. The van der Waals surface area contributed by atoms with Crippen molar-refractivity contribution in [2.24, 2.45) is 5.92 Å². The van der Waals surface area contributed by atoms with Gasteiger partial charge in [0.05, 0.1) is 0 Å². The van der Waals surface area contributed by atoms with Crippen molar-refractivity contribution < 1.29 is 0 Å². The molecule has 1 aromatic heterocycles. The van der Waals surface area contributed by atoms with Gasteiger partial charge in [0.2, 0.25) is 0 Å². The van der Waals surface area contributed by atoms with Gasteiger partial charge in [-0.05, 0) is 64.1 Å².